The highest BCUT2D eigenvalue weighted by molar-refractivity contribution is 7.91. The molecular formula is C20H16N2O5S. The summed E-state index contributed by atoms with van der Waals surface area (Å²) < 4.78 is 25.1. The van der Waals surface area contributed by atoms with Crippen LogP contribution in [0, 0.1) is 10.1 Å². The van der Waals surface area contributed by atoms with E-state index in [9.17, 15) is 18.5 Å². The van der Waals surface area contributed by atoms with E-state index in [0.717, 1.165) is 5.56 Å². The Labute approximate surface area is 162 Å². The molecule has 0 atom stereocenters. The van der Waals surface area contributed by atoms with E-state index in [1.807, 2.05) is 0 Å². The zero-order chi connectivity index (χ0) is 20.0. The first-order chi connectivity index (χ1) is 13.5. The number of rotatable bonds is 7. The van der Waals surface area contributed by atoms with E-state index in [-0.39, 0.29) is 22.1 Å². The molecule has 142 valence electrons. The molecule has 0 fully saturated rings. The summed E-state index contributed by atoms with van der Waals surface area (Å²) in [6, 6.07) is 20.6. The number of nitro benzene ring substituents is 1. The highest BCUT2D eigenvalue weighted by Gasteiger charge is 2.16. The van der Waals surface area contributed by atoms with Crippen molar-refractivity contribution in [2.45, 2.75) is 16.4 Å². The molecule has 0 aliphatic carbocycles. The summed E-state index contributed by atoms with van der Waals surface area (Å²) >= 11 is 0. The third-order valence-corrected chi connectivity index (χ3v) is 5.66. The van der Waals surface area contributed by atoms with E-state index >= 15 is 0 Å². The van der Waals surface area contributed by atoms with Crippen molar-refractivity contribution in [1.82, 2.24) is 0 Å². The van der Waals surface area contributed by atoms with Gasteiger partial charge < -0.3 is 4.84 Å². The van der Waals surface area contributed by atoms with Gasteiger partial charge in [-0.3, -0.25) is 10.1 Å². The third-order valence-electron chi connectivity index (χ3n) is 3.88. The van der Waals surface area contributed by atoms with Crippen molar-refractivity contribution < 1.29 is 18.2 Å². The molecule has 0 spiro atoms. The molecule has 3 rings (SSSR count). The first kappa shape index (κ1) is 19.2. The normalized spacial score (nSPS) is 11.4. The summed E-state index contributed by atoms with van der Waals surface area (Å²) in [5, 5.41) is 14.5. The monoisotopic (exact) mass is 396 g/mol. The van der Waals surface area contributed by atoms with E-state index in [2.05, 4.69) is 5.16 Å². The van der Waals surface area contributed by atoms with Crippen molar-refractivity contribution in [1.29, 1.82) is 0 Å². The van der Waals surface area contributed by atoms with Gasteiger partial charge in [-0.2, -0.15) is 0 Å². The maximum Gasteiger partial charge on any atom is 0.270 e. The Bertz CT molecular complexity index is 1090. The minimum Gasteiger partial charge on any atom is -0.391 e. The molecule has 0 N–H and O–H groups in total. The van der Waals surface area contributed by atoms with Gasteiger partial charge in [-0.05, 0) is 29.8 Å². The smallest absolute Gasteiger partial charge is 0.270 e. The Balaban J connectivity index is 1.62. The SMILES string of the molecule is O=[N+]([O-])c1cccc(/C=N\OCc2ccc(S(=O)(=O)c3ccccc3)cc2)c1. The fraction of sp³-hybridized carbons (Fsp3) is 0.0500. The standard InChI is InChI=1S/C20H16N2O5S/c23-22(24)18-6-4-5-17(13-18)14-21-27-15-16-9-11-20(12-10-16)28(25,26)19-7-2-1-3-8-19/h1-14H,15H2/b21-14-. The Kier molecular flexibility index (Phi) is 5.81. The quantitative estimate of drug-likeness (QED) is 0.342. The number of sulfone groups is 1. The highest BCUT2D eigenvalue weighted by atomic mass is 32.2. The van der Waals surface area contributed by atoms with E-state index in [1.165, 1.54) is 30.5 Å². The van der Waals surface area contributed by atoms with Gasteiger partial charge in [-0.1, -0.05) is 47.6 Å². The van der Waals surface area contributed by atoms with Crippen LogP contribution in [0.2, 0.25) is 0 Å². The average Bonchev–Trinajstić information content (AvgIpc) is 2.72. The molecule has 0 aliphatic rings. The van der Waals surface area contributed by atoms with Crippen molar-refractivity contribution in [3.63, 3.8) is 0 Å². The van der Waals surface area contributed by atoms with Crippen LogP contribution < -0.4 is 0 Å². The van der Waals surface area contributed by atoms with Gasteiger partial charge in [0.15, 0.2) is 0 Å². The number of oxime groups is 1. The number of hydrogen-bond donors (Lipinski definition) is 0. The Morgan fingerprint density at radius 1 is 0.929 bits per heavy atom. The van der Waals surface area contributed by atoms with Crippen LogP contribution in [0.3, 0.4) is 0 Å². The second-order valence-electron chi connectivity index (χ2n) is 5.82. The molecule has 7 nitrogen and oxygen atoms in total. The van der Waals surface area contributed by atoms with Crippen LogP contribution in [0.1, 0.15) is 11.1 Å². The summed E-state index contributed by atoms with van der Waals surface area (Å²) in [7, 11) is -3.55. The molecule has 0 bridgehead atoms. The van der Waals surface area contributed by atoms with E-state index in [0.29, 0.717) is 5.56 Å². The Morgan fingerprint density at radius 2 is 1.61 bits per heavy atom. The Morgan fingerprint density at radius 3 is 2.29 bits per heavy atom. The first-order valence-electron chi connectivity index (χ1n) is 8.26. The molecule has 0 saturated heterocycles. The van der Waals surface area contributed by atoms with Crippen molar-refractivity contribution in [2.75, 3.05) is 0 Å². The van der Waals surface area contributed by atoms with E-state index in [1.54, 1.807) is 54.6 Å². The predicted molar refractivity (Wildman–Crippen MR) is 104 cm³/mol. The minimum absolute atomic E-state index is 0.0286. The largest absolute Gasteiger partial charge is 0.391 e. The van der Waals surface area contributed by atoms with Crippen molar-refractivity contribution in [2.24, 2.45) is 5.16 Å². The molecule has 0 saturated carbocycles. The highest BCUT2D eigenvalue weighted by Crippen LogP contribution is 2.21. The van der Waals surface area contributed by atoms with Crippen LogP contribution in [0.4, 0.5) is 5.69 Å². The van der Waals surface area contributed by atoms with Gasteiger partial charge in [0.2, 0.25) is 9.84 Å². The summed E-state index contributed by atoms with van der Waals surface area (Å²) in [6.07, 6.45) is 1.38. The lowest BCUT2D eigenvalue weighted by molar-refractivity contribution is -0.384. The van der Waals surface area contributed by atoms with Crippen molar-refractivity contribution >= 4 is 21.7 Å². The second-order valence-corrected chi connectivity index (χ2v) is 7.77. The van der Waals surface area contributed by atoms with Gasteiger partial charge >= 0.3 is 0 Å². The number of benzene rings is 3. The molecular weight excluding hydrogens is 380 g/mol. The molecule has 0 unspecified atom stereocenters. The molecule has 0 amide bonds. The lowest BCUT2D eigenvalue weighted by atomic mass is 10.2. The van der Waals surface area contributed by atoms with Gasteiger partial charge in [0.1, 0.15) is 6.61 Å². The van der Waals surface area contributed by atoms with Crippen LogP contribution in [-0.4, -0.2) is 19.6 Å². The molecule has 28 heavy (non-hydrogen) atoms. The zero-order valence-corrected chi connectivity index (χ0v) is 15.5. The molecule has 8 heteroatoms. The fourth-order valence-electron chi connectivity index (χ4n) is 2.43. The summed E-state index contributed by atoms with van der Waals surface area (Å²) in [5.41, 5.74) is 1.25. The van der Waals surface area contributed by atoms with Crippen molar-refractivity contribution in [3.05, 3.63) is 100 Å². The van der Waals surface area contributed by atoms with Crippen LogP contribution >= 0.6 is 0 Å². The zero-order valence-electron chi connectivity index (χ0n) is 14.6. The van der Waals surface area contributed by atoms with Crippen LogP contribution in [0.15, 0.2) is 93.8 Å². The number of nitro groups is 1. The predicted octanol–water partition coefficient (Wildman–Crippen LogP) is 3.98. The summed E-state index contributed by atoms with van der Waals surface area (Å²) in [5.74, 6) is 0. The van der Waals surface area contributed by atoms with Gasteiger partial charge in [-0.25, -0.2) is 8.42 Å². The lowest BCUT2D eigenvalue weighted by Gasteiger charge is -2.05. The van der Waals surface area contributed by atoms with Gasteiger partial charge in [0.05, 0.1) is 20.9 Å². The molecule has 0 radical (unpaired) electrons. The average molecular weight is 396 g/mol. The topological polar surface area (TPSA) is 98.9 Å². The van der Waals surface area contributed by atoms with Gasteiger partial charge in [0, 0.05) is 17.7 Å². The molecule has 0 aliphatic heterocycles. The maximum absolute atomic E-state index is 12.5. The van der Waals surface area contributed by atoms with Crippen LogP contribution in [0.25, 0.3) is 0 Å². The fourth-order valence-corrected chi connectivity index (χ4v) is 3.71. The molecule has 3 aromatic carbocycles. The van der Waals surface area contributed by atoms with Crippen molar-refractivity contribution in [3.8, 4) is 0 Å². The third kappa shape index (κ3) is 4.60. The number of non-ortho nitro benzene ring substituents is 1. The lowest BCUT2D eigenvalue weighted by Crippen LogP contribution is -2.01. The van der Waals surface area contributed by atoms with Gasteiger partial charge in [0.25, 0.3) is 5.69 Å². The summed E-state index contributed by atoms with van der Waals surface area (Å²) in [6.45, 7) is 0.136. The molecule has 0 heterocycles. The maximum atomic E-state index is 12.5. The molecule has 0 aromatic heterocycles. The number of nitrogens with zero attached hydrogens (tertiary/aromatic N) is 2. The van der Waals surface area contributed by atoms with Gasteiger partial charge in [-0.15, -0.1) is 0 Å². The van der Waals surface area contributed by atoms with Crippen LogP contribution in [0.5, 0.6) is 0 Å². The molecule has 3 aromatic rings. The second kappa shape index (κ2) is 8.45. The first-order valence-corrected chi connectivity index (χ1v) is 9.74. The Hall–Kier alpha value is -3.52. The summed E-state index contributed by atoms with van der Waals surface area (Å²) in [4.78, 5) is 15.9. The van der Waals surface area contributed by atoms with E-state index < -0.39 is 14.8 Å². The van der Waals surface area contributed by atoms with Crippen LogP contribution in [-0.2, 0) is 21.3 Å². The van der Waals surface area contributed by atoms with E-state index in [4.69, 9.17) is 4.84 Å². The number of hydrogen-bond acceptors (Lipinski definition) is 6. The minimum atomic E-state index is -3.55.